The van der Waals surface area contributed by atoms with E-state index in [2.05, 4.69) is 110 Å². The van der Waals surface area contributed by atoms with Crippen LogP contribution in [0.1, 0.15) is 55.6 Å². The molecule has 1 nitrogen and oxygen atoms in total. The molecule has 0 aliphatic heterocycles. The molecule has 0 atom stereocenters. The summed E-state index contributed by atoms with van der Waals surface area (Å²) in [5.74, 6) is 0. The van der Waals surface area contributed by atoms with Crippen LogP contribution in [0.4, 0.5) is 0 Å². The molecule has 0 saturated heterocycles. The SMILES string of the molecule is C[Si](C)(/C=C/c1ccc2c(c1)CC2)O[Si](C)(C)/C=C/c1ccc2c(c1)CC2.c1c2c(cc3cc4c(cc13)CC4)CC2. The van der Waals surface area contributed by atoms with Gasteiger partial charge in [0.25, 0.3) is 0 Å². The average Bonchev–Trinajstić information content (AvgIpc) is 2.86. The number of fused-ring (bicyclic) bond motifs is 5. The third-order valence-corrected chi connectivity index (χ3v) is 15.6. The highest BCUT2D eigenvalue weighted by Crippen LogP contribution is 2.33. The molecule has 41 heavy (non-hydrogen) atoms. The van der Waals surface area contributed by atoms with E-state index >= 15 is 0 Å². The van der Waals surface area contributed by atoms with Gasteiger partial charge in [0.05, 0.1) is 0 Å². The van der Waals surface area contributed by atoms with Crippen molar-refractivity contribution in [3.05, 3.63) is 128 Å². The molecular formula is C38H42OSi2. The Balaban J connectivity index is 0.000000163. The first-order valence-electron chi connectivity index (χ1n) is 15.6. The second-order valence-electron chi connectivity index (χ2n) is 13.6. The molecule has 4 aromatic carbocycles. The number of rotatable bonds is 6. The Hall–Kier alpha value is -2.99. The molecule has 0 N–H and O–H groups in total. The van der Waals surface area contributed by atoms with E-state index in [1.807, 2.05) is 0 Å². The van der Waals surface area contributed by atoms with Crippen LogP contribution in [0.15, 0.2) is 72.1 Å². The van der Waals surface area contributed by atoms with E-state index in [4.69, 9.17) is 4.12 Å². The molecule has 0 bridgehead atoms. The van der Waals surface area contributed by atoms with Crippen molar-refractivity contribution in [1.82, 2.24) is 0 Å². The van der Waals surface area contributed by atoms with E-state index in [1.165, 1.54) is 95.5 Å². The van der Waals surface area contributed by atoms with Crippen molar-refractivity contribution < 1.29 is 4.12 Å². The second-order valence-corrected chi connectivity index (χ2v) is 21.5. The fourth-order valence-electron chi connectivity index (χ4n) is 6.63. The highest BCUT2D eigenvalue weighted by Gasteiger charge is 2.29. The van der Waals surface area contributed by atoms with Gasteiger partial charge in [0.1, 0.15) is 0 Å². The number of benzene rings is 4. The lowest BCUT2D eigenvalue weighted by Crippen LogP contribution is -2.42. The summed E-state index contributed by atoms with van der Waals surface area (Å²) in [4.78, 5) is 0. The van der Waals surface area contributed by atoms with Gasteiger partial charge in [-0.25, -0.2) is 0 Å². The predicted octanol–water partition coefficient (Wildman–Crippen LogP) is 9.15. The highest BCUT2D eigenvalue weighted by molar-refractivity contribution is 6.90. The third kappa shape index (κ3) is 5.73. The van der Waals surface area contributed by atoms with Crippen LogP contribution in [0.5, 0.6) is 0 Å². The Morgan fingerprint density at radius 3 is 1.05 bits per heavy atom. The molecule has 3 heteroatoms. The van der Waals surface area contributed by atoms with Gasteiger partial charge in [0, 0.05) is 0 Å². The maximum absolute atomic E-state index is 6.71. The van der Waals surface area contributed by atoms with Crippen LogP contribution in [0.3, 0.4) is 0 Å². The van der Waals surface area contributed by atoms with E-state index in [9.17, 15) is 0 Å². The summed E-state index contributed by atoms with van der Waals surface area (Å²) in [6, 6.07) is 23.3. The lowest BCUT2D eigenvalue weighted by Gasteiger charge is -2.30. The van der Waals surface area contributed by atoms with Crippen LogP contribution in [-0.4, -0.2) is 16.6 Å². The summed E-state index contributed by atoms with van der Waals surface area (Å²) in [6.45, 7) is 9.22. The molecule has 0 fully saturated rings. The molecule has 0 aromatic heterocycles. The van der Waals surface area contributed by atoms with Gasteiger partial charge in [-0.3, -0.25) is 0 Å². The van der Waals surface area contributed by atoms with E-state index in [-0.39, 0.29) is 0 Å². The van der Waals surface area contributed by atoms with Gasteiger partial charge < -0.3 is 4.12 Å². The molecule has 208 valence electrons. The van der Waals surface area contributed by atoms with Gasteiger partial charge in [0.2, 0.25) is 0 Å². The fraction of sp³-hybridized carbons (Fsp3) is 0.316. The van der Waals surface area contributed by atoms with Gasteiger partial charge in [-0.1, -0.05) is 84.2 Å². The number of hydrogen-bond acceptors (Lipinski definition) is 1. The van der Waals surface area contributed by atoms with Crippen LogP contribution < -0.4 is 0 Å². The second kappa shape index (κ2) is 10.4. The van der Waals surface area contributed by atoms with Gasteiger partial charge in [-0.05, 0) is 144 Å². The molecule has 4 aliphatic carbocycles. The molecule has 0 saturated carbocycles. The standard InChI is InChI=1S/C24H30OSi2.C14H12/c1-26(2,15-13-19-5-7-21-9-11-23(21)17-19)25-27(3,4)16-14-20-6-8-22-10-12-24(22)18-20;1-2-10-6-14-8-12-4-3-11(12)7-13(14)5-9(1)10/h5-8,13-18H,9-12H2,1-4H3;5-8H,1-4H2/b15-13+,16-14+;. The van der Waals surface area contributed by atoms with Gasteiger partial charge in [0.15, 0.2) is 16.6 Å². The lowest BCUT2D eigenvalue weighted by molar-refractivity contribution is 0.571. The monoisotopic (exact) mass is 570 g/mol. The summed E-state index contributed by atoms with van der Waals surface area (Å²) < 4.78 is 6.71. The van der Waals surface area contributed by atoms with Crippen molar-refractivity contribution in [1.29, 1.82) is 0 Å². The molecule has 0 unspecified atom stereocenters. The Labute approximate surface area is 248 Å². The molecule has 4 aliphatic rings. The Kier molecular flexibility index (Phi) is 6.80. The number of hydrogen-bond donors (Lipinski definition) is 0. The summed E-state index contributed by atoms with van der Waals surface area (Å²) >= 11 is 0. The molecular weight excluding hydrogens is 529 g/mol. The molecule has 8 rings (SSSR count). The van der Waals surface area contributed by atoms with Crippen molar-refractivity contribution in [2.75, 3.05) is 0 Å². The van der Waals surface area contributed by atoms with Crippen molar-refractivity contribution >= 4 is 39.6 Å². The van der Waals surface area contributed by atoms with Crippen molar-refractivity contribution in [2.24, 2.45) is 0 Å². The van der Waals surface area contributed by atoms with Crippen LogP contribution in [-0.2, 0) is 55.5 Å². The van der Waals surface area contributed by atoms with Gasteiger partial charge in [-0.2, -0.15) is 0 Å². The lowest BCUT2D eigenvalue weighted by atomic mass is 9.82. The quantitative estimate of drug-likeness (QED) is 0.210. The van der Waals surface area contributed by atoms with Crippen molar-refractivity contribution in [2.45, 2.75) is 77.6 Å². The zero-order chi connectivity index (χ0) is 28.2. The van der Waals surface area contributed by atoms with Gasteiger partial charge >= 0.3 is 0 Å². The highest BCUT2D eigenvalue weighted by atomic mass is 28.4. The van der Waals surface area contributed by atoms with E-state index < -0.39 is 16.6 Å². The minimum Gasteiger partial charge on any atom is -0.449 e. The van der Waals surface area contributed by atoms with Crippen molar-refractivity contribution in [3.63, 3.8) is 0 Å². The molecule has 0 radical (unpaired) electrons. The zero-order valence-corrected chi connectivity index (χ0v) is 27.1. The largest absolute Gasteiger partial charge is 0.449 e. The Morgan fingerprint density at radius 1 is 0.439 bits per heavy atom. The summed E-state index contributed by atoms with van der Waals surface area (Å²) in [5, 5.41) is 2.92. The van der Waals surface area contributed by atoms with E-state index in [0.717, 1.165) is 0 Å². The maximum Gasteiger partial charge on any atom is 0.198 e. The number of aryl methyl sites for hydroxylation is 8. The first kappa shape index (κ1) is 26.9. The maximum atomic E-state index is 6.71. The molecule has 0 heterocycles. The summed E-state index contributed by atoms with van der Waals surface area (Å²) in [6.07, 6.45) is 14.7. The van der Waals surface area contributed by atoms with Crippen LogP contribution in [0.2, 0.25) is 26.2 Å². The first-order valence-corrected chi connectivity index (χ1v) is 21.6. The normalized spacial score (nSPS) is 16.4. The van der Waals surface area contributed by atoms with Gasteiger partial charge in [-0.15, -0.1) is 0 Å². The molecule has 0 spiro atoms. The van der Waals surface area contributed by atoms with Crippen LogP contribution in [0.25, 0.3) is 22.9 Å². The predicted molar refractivity (Wildman–Crippen MR) is 181 cm³/mol. The fourth-order valence-corrected chi connectivity index (χ4v) is 13.8. The summed E-state index contributed by atoms with van der Waals surface area (Å²) in [5.41, 5.74) is 19.7. The Morgan fingerprint density at radius 2 is 0.756 bits per heavy atom. The van der Waals surface area contributed by atoms with E-state index in [1.54, 1.807) is 22.3 Å². The molecule has 4 aromatic rings. The van der Waals surface area contributed by atoms with E-state index in [0.29, 0.717) is 0 Å². The minimum absolute atomic E-state index is 1.24. The first-order chi connectivity index (χ1) is 19.7. The topological polar surface area (TPSA) is 9.23 Å². The molecule has 0 amide bonds. The summed E-state index contributed by atoms with van der Waals surface area (Å²) in [7, 11) is -3.70. The van der Waals surface area contributed by atoms with Crippen LogP contribution >= 0.6 is 0 Å². The van der Waals surface area contributed by atoms with Crippen molar-refractivity contribution in [3.8, 4) is 0 Å². The smallest absolute Gasteiger partial charge is 0.198 e. The minimum atomic E-state index is -1.85. The van der Waals surface area contributed by atoms with Crippen LogP contribution in [0, 0.1) is 0 Å². The Bertz CT molecular complexity index is 1550. The zero-order valence-electron chi connectivity index (χ0n) is 25.1. The third-order valence-electron chi connectivity index (χ3n) is 9.47. The average molecular weight is 571 g/mol.